The molecular formula is C13H24N2O3. The lowest BCUT2D eigenvalue weighted by Crippen LogP contribution is -2.52. The van der Waals surface area contributed by atoms with E-state index in [9.17, 15) is 4.79 Å². The van der Waals surface area contributed by atoms with Crippen LogP contribution in [0, 0.1) is 0 Å². The molecule has 5 nitrogen and oxygen atoms in total. The van der Waals surface area contributed by atoms with Gasteiger partial charge in [0.1, 0.15) is 0 Å². The minimum Gasteiger partial charge on any atom is -0.346 e. The highest BCUT2D eigenvalue weighted by molar-refractivity contribution is 5.78. The SMILES string of the molecule is CCN(CC)C(=O)CN1CCCC2(C1)OCCO2. The highest BCUT2D eigenvalue weighted by Crippen LogP contribution is 2.29. The van der Waals surface area contributed by atoms with Gasteiger partial charge in [-0.1, -0.05) is 0 Å². The van der Waals surface area contributed by atoms with E-state index < -0.39 is 5.79 Å². The fourth-order valence-corrected chi connectivity index (χ4v) is 2.81. The highest BCUT2D eigenvalue weighted by atomic mass is 16.7. The van der Waals surface area contributed by atoms with Crippen LogP contribution in [0.1, 0.15) is 26.7 Å². The van der Waals surface area contributed by atoms with Crippen molar-refractivity contribution in [1.29, 1.82) is 0 Å². The summed E-state index contributed by atoms with van der Waals surface area (Å²) in [5.74, 6) is -0.225. The quantitative estimate of drug-likeness (QED) is 0.742. The van der Waals surface area contributed by atoms with Crippen LogP contribution >= 0.6 is 0 Å². The third-order valence-corrected chi connectivity index (χ3v) is 3.79. The summed E-state index contributed by atoms with van der Waals surface area (Å²) in [6.45, 7) is 9.11. The van der Waals surface area contributed by atoms with Gasteiger partial charge in [0.05, 0.1) is 26.3 Å². The van der Waals surface area contributed by atoms with E-state index in [1.807, 2.05) is 18.7 Å². The molecule has 0 radical (unpaired) electrons. The molecule has 0 bridgehead atoms. The van der Waals surface area contributed by atoms with Crippen molar-refractivity contribution >= 4 is 5.91 Å². The van der Waals surface area contributed by atoms with E-state index >= 15 is 0 Å². The zero-order valence-electron chi connectivity index (χ0n) is 11.5. The summed E-state index contributed by atoms with van der Waals surface area (Å²) in [6, 6.07) is 0. The van der Waals surface area contributed by atoms with Crippen LogP contribution in [-0.2, 0) is 14.3 Å². The molecule has 0 N–H and O–H groups in total. The number of ether oxygens (including phenoxy) is 2. The molecule has 2 aliphatic heterocycles. The normalized spacial score (nSPS) is 23.4. The zero-order valence-corrected chi connectivity index (χ0v) is 11.5. The summed E-state index contributed by atoms with van der Waals surface area (Å²) in [6.07, 6.45) is 1.98. The van der Waals surface area contributed by atoms with Gasteiger partial charge in [0, 0.05) is 19.5 Å². The molecule has 2 aliphatic rings. The number of likely N-dealkylation sites (tertiary alicyclic amines) is 1. The molecule has 0 aromatic carbocycles. The number of piperidine rings is 1. The summed E-state index contributed by atoms with van der Waals surface area (Å²) in [5.41, 5.74) is 0. The summed E-state index contributed by atoms with van der Waals surface area (Å²) in [4.78, 5) is 16.1. The minimum atomic E-state index is -0.429. The summed E-state index contributed by atoms with van der Waals surface area (Å²) < 4.78 is 11.4. The molecule has 0 aromatic rings. The molecule has 0 saturated carbocycles. The van der Waals surface area contributed by atoms with E-state index in [1.54, 1.807) is 0 Å². The molecule has 0 aromatic heterocycles. The predicted octanol–water partition coefficient (Wildman–Crippen LogP) is 0.694. The molecule has 2 rings (SSSR count). The van der Waals surface area contributed by atoms with Gasteiger partial charge in [0.25, 0.3) is 0 Å². The number of hydrogen-bond acceptors (Lipinski definition) is 4. The molecule has 0 unspecified atom stereocenters. The van der Waals surface area contributed by atoms with Gasteiger partial charge in [-0.05, 0) is 26.8 Å². The fourth-order valence-electron chi connectivity index (χ4n) is 2.81. The average Bonchev–Trinajstić information content (AvgIpc) is 2.79. The molecule has 104 valence electrons. The number of likely N-dealkylation sites (N-methyl/N-ethyl adjacent to an activating group) is 1. The summed E-state index contributed by atoms with van der Waals surface area (Å²) >= 11 is 0. The van der Waals surface area contributed by atoms with E-state index in [1.165, 1.54) is 0 Å². The van der Waals surface area contributed by atoms with Gasteiger partial charge >= 0.3 is 0 Å². The van der Waals surface area contributed by atoms with Crippen LogP contribution in [-0.4, -0.2) is 67.4 Å². The van der Waals surface area contributed by atoms with Crippen molar-refractivity contribution in [3.05, 3.63) is 0 Å². The third-order valence-electron chi connectivity index (χ3n) is 3.79. The van der Waals surface area contributed by atoms with Gasteiger partial charge in [-0.15, -0.1) is 0 Å². The Morgan fingerprint density at radius 3 is 2.56 bits per heavy atom. The largest absolute Gasteiger partial charge is 0.346 e. The lowest BCUT2D eigenvalue weighted by atomic mass is 10.0. The Labute approximate surface area is 109 Å². The summed E-state index contributed by atoms with van der Waals surface area (Å²) in [5, 5.41) is 0. The molecule has 0 aliphatic carbocycles. The van der Waals surface area contributed by atoms with Gasteiger partial charge in [0.15, 0.2) is 5.79 Å². The van der Waals surface area contributed by atoms with Gasteiger partial charge in [-0.3, -0.25) is 9.69 Å². The van der Waals surface area contributed by atoms with Crippen LogP contribution in [0.2, 0.25) is 0 Å². The Kier molecular flexibility index (Phi) is 4.59. The molecular weight excluding hydrogens is 232 g/mol. The van der Waals surface area contributed by atoms with Crippen molar-refractivity contribution in [2.75, 3.05) is 45.9 Å². The lowest BCUT2D eigenvalue weighted by Gasteiger charge is -2.38. The highest BCUT2D eigenvalue weighted by Gasteiger charge is 2.41. The number of hydrogen-bond donors (Lipinski definition) is 0. The maximum absolute atomic E-state index is 12.1. The Hall–Kier alpha value is -0.650. The average molecular weight is 256 g/mol. The molecule has 1 spiro atoms. The fraction of sp³-hybridized carbons (Fsp3) is 0.923. The second-order valence-corrected chi connectivity index (χ2v) is 4.99. The van der Waals surface area contributed by atoms with Crippen molar-refractivity contribution in [2.24, 2.45) is 0 Å². The van der Waals surface area contributed by atoms with Crippen LogP contribution in [0.5, 0.6) is 0 Å². The molecule has 2 heterocycles. The van der Waals surface area contributed by atoms with E-state index in [-0.39, 0.29) is 5.91 Å². The first-order valence-corrected chi connectivity index (χ1v) is 6.97. The first-order valence-electron chi connectivity index (χ1n) is 6.97. The summed E-state index contributed by atoms with van der Waals surface area (Å²) in [7, 11) is 0. The Morgan fingerprint density at radius 1 is 1.28 bits per heavy atom. The number of amides is 1. The molecule has 1 amide bonds. The number of carbonyl (C=O) groups is 1. The van der Waals surface area contributed by atoms with Crippen molar-refractivity contribution in [2.45, 2.75) is 32.5 Å². The molecule has 18 heavy (non-hydrogen) atoms. The molecule has 0 atom stereocenters. The van der Waals surface area contributed by atoms with Gasteiger partial charge < -0.3 is 14.4 Å². The standard InChI is InChI=1S/C13H24N2O3/c1-3-15(4-2)12(16)10-14-7-5-6-13(11-14)17-8-9-18-13/h3-11H2,1-2H3. The Bertz CT molecular complexity index is 286. The number of nitrogens with zero attached hydrogens (tertiary/aromatic N) is 2. The zero-order chi connectivity index (χ0) is 13.0. The minimum absolute atomic E-state index is 0.204. The van der Waals surface area contributed by atoms with Crippen molar-refractivity contribution in [3.63, 3.8) is 0 Å². The number of rotatable bonds is 4. The molecule has 2 fully saturated rings. The van der Waals surface area contributed by atoms with Crippen LogP contribution in [0.4, 0.5) is 0 Å². The maximum Gasteiger partial charge on any atom is 0.236 e. The lowest BCUT2D eigenvalue weighted by molar-refractivity contribution is -0.190. The molecule has 2 saturated heterocycles. The number of carbonyl (C=O) groups excluding carboxylic acids is 1. The van der Waals surface area contributed by atoms with Crippen LogP contribution in [0.3, 0.4) is 0 Å². The maximum atomic E-state index is 12.1. The predicted molar refractivity (Wildman–Crippen MR) is 68.2 cm³/mol. The topological polar surface area (TPSA) is 42.0 Å². The smallest absolute Gasteiger partial charge is 0.236 e. The Balaban J connectivity index is 1.87. The van der Waals surface area contributed by atoms with Gasteiger partial charge in [-0.25, -0.2) is 0 Å². The van der Waals surface area contributed by atoms with Crippen molar-refractivity contribution in [3.8, 4) is 0 Å². The monoisotopic (exact) mass is 256 g/mol. The van der Waals surface area contributed by atoms with Crippen molar-refractivity contribution in [1.82, 2.24) is 9.80 Å². The first-order chi connectivity index (χ1) is 8.69. The van der Waals surface area contributed by atoms with Gasteiger partial charge in [-0.2, -0.15) is 0 Å². The van der Waals surface area contributed by atoms with E-state index in [4.69, 9.17) is 9.47 Å². The van der Waals surface area contributed by atoms with Crippen LogP contribution < -0.4 is 0 Å². The second kappa shape index (κ2) is 5.99. The van der Waals surface area contributed by atoms with Crippen LogP contribution in [0.15, 0.2) is 0 Å². The third kappa shape index (κ3) is 3.02. The van der Waals surface area contributed by atoms with E-state index in [0.29, 0.717) is 19.8 Å². The van der Waals surface area contributed by atoms with E-state index in [0.717, 1.165) is 39.0 Å². The first kappa shape index (κ1) is 13.8. The van der Waals surface area contributed by atoms with Gasteiger partial charge in [0.2, 0.25) is 5.91 Å². The second-order valence-electron chi connectivity index (χ2n) is 4.99. The molecule has 5 heteroatoms. The van der Waals surface area contributed by atoms with Crippen LogP contribution in [0.25, 0.3) is 0 Å². The Morgan fingerprint density at radius 2 is 1.94 bits per heavy atom. The van der Waals surface area contributed by atoms with Crippen molar-refractivity contribution < 1.29 is 14.3 Å². The van der Waals surface area contributed by atoms with E-state index in [2.05, 4.69) is 4.90 Å².